The molecule has 106 valence electrons. The lowest BCUT2D eigenvalue weighted by molar-refractivity contribution is 0.0269. The summed E-state index contributed by atoms with van der Waals surface area (Å²) in [5, 5.41) is 8.64. The number of carbonyl (C=O) groups excluding carboxylic acids is 1. The van der Waals surface area contributed by atoms with Gasteiger partial charge in [0.25, 0.3) is 5.91 Å². The fourth-order valence-electron chi connectivity index (χ4n) is 2.34. The van der Waals surface area contributed by atoms with Crippen molar-refractivity contribution in [1.82, 2.24) is 4.90 Å². The standard InChI is InChI=1S/C16H19NO3/c1-20-15-5-2-10-17(12-15)16(19)14-8-6-13(7-9-14)4-3-11-18/h6-9,15,18H,2,5,10-12H2,1H3. The smallest absolute Gasteiger partial charge is 0.253 e. The quantitative estimate of drug-likeness (QED) is 0.826. The maximum Gasteiger partial charge on any atom is 0.253 e. The van der Waals surface area contributed by atoms with Gasteiger partial charge in [-0.1, -0.05) is 11.8 Å². The van der Waals surface area contributed by atoms with Crippen molar-refractivity contribution in [3.63, 3.8) is 0 Å². The Labute approximate surface area is 119 Å². The van der Waals surface area contributed by atoms with Gasteiger partial charge >= 0.3 is 0 Å². The largest absolute Gasteiger partial charge is 0.384 e. The second kappa shape index (κ2) is 7.09. The number of likely N-dealkylation sites (tertiary alicyclic amines) is 1. The molecule has 4 heteroatoms. The topological polar surface area (TPSA) is 49.8 Å². The van der Waals surface area contributed by atoms with Crippen molar-refractivity contribution < 1.29 is 14.6 Å². The molecule has 1 heterocycles. The van der Waals surface area contributed by atoms with Crippen LogP contribution in [0.2, 0.25) is 0 Å². The molecule has 0 saturated carbocycles. The van der Waals surface area contributed by atoms with Gasteiger partial charge in [-0.25, -0.2) is 0 Å². The van der Waals surface area contributed by atoms with Crippen LogP contribution >= 0.6 is 0 Å². The van der Waals surface area contributed by atoms with Gasteiger partial charge in [-0.05, 0) is 37.1 Å². The molecule has 1 N–H and O–H groups in total. The van der Waals surface area contributed by atoms with E-state index in [0.29, 0.717) is 12.1 Å². The van der Waals surface area contributed by atoms with Gasteiger partial charge in [-0.3, -0.25) is 4.79 Å². The lowest BCUT2D eigenvalue weighted by atomic mass is 10.1. The molecule has 1 saturated heterocycles. The molecule has 1 atom stereocenters. The number of hydrogen-bond donors (Lipinski definition) is 1. The number of piperidine rings is 1. The van der Waals surface area contributed by atoms with Crippen molar-refractivity contribution >= 4 is 5.91 Å². The number of benzene rings is 1. The van der Waals surface area contributed by atoms with Crippen LogP contribution in [0.4, 0.5) is 0 Å². The molecule has 0 spiro atoms. The van der Waals surface area contributed by atoms with E-state index in [1.165, 1.54) is 0 Å². The van der Waals surface area contributed by atoms with E-state index in [1.807, 2.05) is 4.90 Å². The van der Waals surface area contributed by atoms with Crippen molar-refractivity contribution in [2.45, 2.75) is 18.9 Å². The number of aliphatic hydroxyl groups excluding tert-OH is 1. The van der Waals surface area contributed by atoms with Crippen molar-refractivity contribution in [2.24, 2.45) is 0 Å². The number of rotatable bonds is 2. The molecule has 1 aliphatic rings. The number of hydrogen-bond acceptors (Lipinski definition) is 3. The Morgan fingerprint density at radius 2 is 2.20 bits per heavy atom. The summed E-state index contributed by atoms with van der Waals surface area (Å²) >= 11 is 0. The van der Waals surface area contributed by atoms with Gasteiger partial charge in [0.1, 0.15) is 6.61 Å². The minimum atomic E-state index is -0.160. The number of aliphatic hydroxyl groups is 1. The monoisotopic (exact) mass is 273 g/mol. The fourth-order valence-corrected chi connectivity index (χ4v) is 2.34. The SMILES string of the molecule is COC1CCCN(C(=O)c2ccc(C#CCO)cc2)C1. The second-order valence-corrected chi connectivity index (χ2v) is 4.79. The van der Waals surface area contributed by atoms with Crippen LogP contribution < -0.4 is 0 Å². The normalized spacial score (nSPS) is 18.3. The summed E-state index contributed by atoms with van der Waals surface area (Å²) in [6, 6.07) is 7.15. The van der Waals surface area contributed by atoms with Crippen LogP contribution in [-0.4, -0.2) is 48.8 Å². The maximum absolute atomic E-state index is 12.4. The number of amides is 1. The first-order chi connectivity index (χ1) is 9.74. The average Bonchev–Trinajstić information content (AvgIpc) is 2.52. The van der Waals surface area contributed by atoms with E-state index < -0.39 is 0 Å². The number of ether oxygens (including phenoxy) is 1. The molecule has 1 aromatic rings. The zero-order valence-corrected chi connectivity index (χ0v) is 11.6. The van der Waals surface area contributed by atoms with Crippen LogP contribution in [0.25, 0.3) is 0 Å². The number of nitrogens with zero attached hydrogens (tertiary/aromatic N) is 1. The maximum atomic E-state index is 12.4. The molecule has 0 radical (unpaired) electrons. The van der Waals surface area contributed by atoms with Crippen LogP contribution in [0.15, 0.2) is 24.3 Å². The van der Waals surface area contributed by atoms with E-state index in [1.54, 1.807) is 31.4 Å². The minimum absolute atomic E-state index is 0.0356. The third kappa shape index (κ3) is 3.60. The van der Waals surface area contributed by atoms with Crippen LogP contribution in [-0.2, 0) is 4.74 Å². The summed E-state index contributed by atoms with van der Waals surface area (Å²) in [7, 11) is 1.69. The lowest BCUT2D eigenvalue weighted by Gasteiger charge is -2.32. The van der Waals surface area contributed by atoms with Gasteiger partial charge in [0.15, 0.2) is 0 Å². The van der Waals surface area contributed by atoms with Crippen molar-refractivity contribution in [1.29, 1.82) is 0 Å². The summed E-state index contributed by atoms with van der Waals surface area (Å²) in [6.07, 6.45) is 2.13. The third-order valence-electron chi connectivity index (χ3n) is 3.44. The Balaban J connectivity index is 2.05. The molecule has 1 unspecified atom stereocenters. The van der Waals surface area contributed by atoms with Gasteiger partial charge in [-0.2, -0.15) is 0 Å². The van der Waals surface area contributed by atoms with Gasteiger partial charge < -0.3 is 14.7 Å². The van der Waals surface area contributed by atoms with Crippen LogP contribution in [0, 0.1) is 11.8 Å². The zero-order valence-electron chi connectivity index (χ0n) is 11.6. The van der Waals surface area contributed by atoms with Gasteiger partial charge in [0, 0.05) is 31.3 Å². The van der Waals surface area contributed by atoms with E-state index >= 15 is 0 Å². The first-order valence-electron chi connectivity index (χ1n) is 6.76. The van der Waals surface area contributed by atoms with Crippen molar-refractivity contribution in [3.8, 4) is 11.8 Å². The molecular formula is C16H19NO3. The van der Waals surface area contributed by atoms with Gasteiger partial charge in [0.05, 0.1) is 6.10 Å². The molecule has 20 heavy (non-hydrogen) atoms. The highest BCUT2D eigenvalue weighted by atomic mass is 16.5. The van der Waals surface area contributed by atoms with Crippen LogP contribution in [0.3, 0.4) is 0 Å². The highest BCUT2D eigenvalue weighted by Gasteiger charge is 2.24. The zero-order chi connectivity index (χ0) is 14.4. The highest BCUT2D eigenvalue weighted by molar-refractivity contribution is 5.94. The third-order valence-corrected chi connectivity index (χ3v) is 3.44. The van der Waals surface area contributed by atoms with Crippen LogP contribution in [0.1, 0.15) is 28.8 Å². The van der Waals surface area contributed by atoms with Gasteiger partial charge in [-0.15, -0.1) is 0 Å². The second-order valence-electron chi connectivity index (χ2n) is 4.79. The number of methoxy groups -OCH3 is 1. The lowest BCUT2D eigenvalue weighted by Crippen LogP contribution is -2.42. The van der Waals surface area contributed by atoms with E-state index in [-0.39, 0.29) is 18.6 Å². The predicted octanol–water partition coefficient (Wildman–Crippen LogP) is 1.28. The molecule has 4 nitrogen and oxygen atoms in total. The fraction of sp³-hybridized carbons (Fsp3) is 0.438. The minimum Gasteiger partial charge on any atom is -0.384 e. The molecular weight excluding hydrogens is 254 g/mol. The Morgan fingerprint density at radius 1 is 1.45 bits per heavy atom. The molecule has 1 aliphatic heterocycles. The van der Waals surface area contributed by atoms with E-state index in [4.69, 9.17) is 9.84 Å². The summed E-state index contributed by atoms with van der Waals surface area (Å²) in [4.78, 5) is 14.2. The molecule has 1 aromatic carbocycles. The molecule has 0 bridgehead atoms. The molecule has 1 amide bonds. The van der Waals surface area contributed by atoms with Crippen molar-refractivity contribution in [2.75, 3.05) is 26.8 Å². The highest BCUT2D eigenvalue weighted by Crippen LogP contribution is 2.16. The summed E-state index contributed by atoms with van der Waals surface area (Å²) in [6.45, 7) is 1.28. The Bertz CT molecular complexity index is 513. The van der Waals surface area contributed by atoms with E-state index in [0.717, 1.165) is 24.9 Å². The number of carbonyl (C=O) groups is 1. The van der Waals surface area contributed by atoms with E-state index in [2.05, 4.69) is 11.8 Å². The first kappa shape index (κ1) is 14.6. The molecule has 0 aromatic heterocycles. The van der Waals surface area contributed by atoms with E-state index in [9.17, 15) is 4.79 Å². The first-order valence-corrected chi connectivity index (χ1v) is 6.76. The van der Waals surface area contributed by atoms with Gasteiger partial charge in [0.2, 0.25) is 0 Å². The Hall–Kier alpha value is -1.83. The molecule has 1 fully saturated rings. The van der Waals surface area contributed by atoms with Crippen molar-refractivity contribution in [3.05, 3.63) is 35.4 Å². The Kier molecular flexibility index (Phi) is 5.16. The molecule has 2 rings (SSSR count). The summed E-state index contributed by atoms with van der Waals surface area (Å²) in [5.41, 5.74) is 1.46. The Morgan fingerprint density at radius 3 is 2.85 bits per heavy atom. The molecule has 0 aliphatic carbocycles. The summed E-state index contributed by atoms with van der Waals surface area (Å²) in [5.74, 6) is 5.43. The van der Waals surface area contributed by atoms with Crippen LogP contribution in [0.5, 0.6) is 0 Å². The average molecular weight is 273 g/mol. The summed E-state index contributed by atoms with van der Waals surface area (Å²) < 4.78 is 5.33. The predicted molar refractivity (Wildman–Crippen MR) is 76.3 cm³/mol.